The molecule has 1 aliphatic rings. The van der Waals surface area contributed by atoms with Crippen molar-refractivity contribution < 1.29 is 9.59 Å². The van der Waals surface area contributed by atoms with Gasteiger partial charge in [-0.15, -0.1) is 0 Å². The molecule has 1 unspecified atom stereocenters. The van der Waals surface area contributed by atoms with Crippen LogP contribution in [0.25, 0.3) is 0 Å². The number of amides is 1. The van der Waals surface area contributed by atoms with Gasteiger partial charge in [-0.25, -0.2) is 0 Å². The van der Waals surface area contributed by atoms with Gasteiger partial charge in [-0.3, -0.25) is 9.59 Å². The molecule has 1 aromatic rings. The molecule has 2 rings (SSSR count). The Morgan fingerprint density at radius 1 is 1.35 bits per heavy atom. The number of hydrogen-bond acceptors (Lipinski definition) is 3. The molecule has 0 aliphatic carbocycles. The number of aromatic amines is 1. The van der Waals surface area contributed by atoms with Crippen LogP contribution in [0.2, 0.25) is 0 Å². The lowest BCUT2D eigenvalue weighted by Crippen LogP contribution is -2.36. The molecule has 1 fully saturated rings. The van der Waals surface area contributed by atoms with Crippen molar-refractivity contribution in [1.29, 1.82) is 0 Å². The molecule has 0 saturated carbocycles. The molecule has 5 nitrogen and oxygen atoms in total. The minimum absolute atomic E-state index is 0.00508. The first-order chi connectivity index (χ1) is 10.9. The molecule has 2 heterocycles. The minimum Gasteiger partial charge on any atom is -0.354 e. The maximum atomic E-state index is 12.3. The largest absolute Gasteiger partial charge is 0.354 e. The number of piperidine rings is 1. The van der Waals surface area contributed by atoms with Gasteiger partial charge in [0.1, 0.15) is 5.69 Å². The summed E-state index contributed by atoms with van der Waals surface area (Å²) in [6, 6.07) is 0. The smallest absolute Gasteiger partial charge is 0.268 e. The van der Waals surface area contributed by atoms with Crippen LogP contribution in [-0.4, -0.2) is 47.8 Å². The second-order valence-corrected chi connectivity index (χ2v) is 6.84. The first kappa shape index (κ1) is 17.7. The van der Waals surface area contributed by atoms with Crippen LogP contribution >= 0.6 is 0 Å². The van der Waals surface area contributed by atoms with Gasteiger partial charge in [0, 0.05) is 24.3 Å². The first-order valence-corrected chi connectivity index (χ1v) is 8.60. The molecule has 1 amide bonds. The fourth-order valence-electron chi connectivity index (χ4n) is 3.59. The quantitative estimate of drug-likeness (QED) is 0.626. The van der Waals surface area contributed by atoms with Crippen molar-refractivity contribution in [2.75, 3.05) is 26.2 Å². The van der Waals surface area contributed by atoms with Gasteiger partial charge in [-0.2, -0.15) is 0 Å². The molecule has 23 heavy (non-hydrogen) atoms. The second kappa shape index (κ2) is 7.77. The summed E-state index contributed by atoms with van der Waals surface area (Å²) in [5.74, 6) is 0.660. The maximum Gasteiger partial charge on any atom is 0.268 e. The third-order valence-corrected chi connectivity index (χ3v) is 4.69. The molecule has 1 aromatic heterocycles. The van der Waals surface area contributed by atoms with Gasteiger partial charge in [-0.1, -0.05) is 6.92 Å². The fraction of sp³-hybridized carbons (Fsp3) is 0.667. The second-order valence-electron chi connectivity index (χ2n) is 6.84. The topological polar surface area (TPSA) is 65.2 Å². The van der Waals surface area contributed by atoms with E-state index in [1.54, 1.807) is 0 Å². The average Bonchev–Trinajstić information content (AvgIpc) is 2.78. The van der Waals surface area contributed by atoms with Gasteiger partial charge in [0.15, 0.2) is 5.78 Å². The van der Waals surface area contributed by atoms with E-state index < -0.39 is 0 Å². The lowest BCUT2D eigenvalue weighted by atomic mass is 10.0. The van der Waals surface area contributed by atoms with E-state index in [4.69, 9.17) is 0 Å². The molecule has 0 spiro atoms. The number of H-pyrrole nitrogens is 1. The SMILES string of the molecule is CC(=O)c1c(C)[nH]c(C(=O)NCCCN2CCCC(C)C2)c1C. The van der Waals surface area contributed by atoms with Crippen LogP contribution in [0.15, 0.2) is 0 Å². The number of rotatable bonds is 6. The van der Waals surface area contributed by atoms with Crippen LogP contribution in [0.4, 0.5) is 0 Å². The Morgan fingerprint density at radius 2 is 2.09 bits per heavy atom. The molecule has 5 heteroatoms. The minimum atomic E-state index is -0.120. The van der Waals surface area contributed by atoms with E-state index in [1.807, 2.05) is 13.8 Å². The normalized spacial score (nSPS) is 18.9. The van der Waals surface area contributed by atoms with E-state index >= 15 is 0 Å². The summed E-state index contributed by atoms with van der Waals surface area (Å²) in [7, 11) is 0. The number of carbonyl (C=O) groups excluding carboxylic acids is 2. The van der Waals surface area contributed by atoms with E-state index in [0.717, 1.165) is 30.1 Å². The maximum absolute atomic E-state index is 12.3. The predicted octanol–water partition coefficient (Wildman–Crippen LogP) is 2.69. The van der Waals surface area contributed by atoms with Crippen molar-refractivity contribution in [1.82, 2.24) is 15.2 Å². The molecule has 1 saturated heterocycles. The van der Waals surface area contributed by atoms with Gasteiger partial charge in [0.25, 0.3) is 5.91 Å². The van der Waals surface area contributed by atoms with Crippen molar-refractivity contribution in [2.45, 2.75) is 47.0 Å². The van der Waals surface area contributed by atoms with E-state index in [0.29, 0.717) is 17.8 Å². The van der Waals surface area contributed by atoms with Gasteiger partial charge in [-0.05, 0) is 64.6 Å². The monoisotopic (exact) mass is 319 g/mol. The summed E-state index contributed by atoms with van der Waals surface area (Å²) in [6.45, 7) is 11.5. The highest BCUT2D eigenvalue weighted by Crippen LogP contribution is 2.18. The molecular formula is C18H29N3O2. The molecular weight excluding hydrogens is 290 g/mol. The zero-order valence-corrected chi connectivity index (χ0v) is 14.8. The summed E-state index contributed by atoms with van der Waals surface area (Å²) in [5, 5.41) is 2.96. The average molecular weight is 319 g/mol. The number of Topliss-reactive ketones (excluding diaryl/α,β-unsaturated/α-hetero) is 1. The number of ketones is 1. The molecule has 0 aromatic carbocycles. The fourth-order valence-corrected chi connectivity index (χ4v) is 3.59. The van der Waals surface area contributed by atoms with Crippen LogP contribution < -0.4 is 5.32 Å². The van der Waals surface area contributed by atoms with Gasteiger partial charge < -0.3 is 15.2 Å². The Balaban J connectivity index is 1.81. The van der Waals surface area contributed by atoms with Gasteiger partial charge in [0.2, 0.25) is 0 Å². The lowest BCUT2D eigenvalue weighted by molar-refractivity contribution is 0.0944. The summed E-state index contributed by atoms with van der Waals surface area (Å²) in [6.07, 6.45) is 3.57. The van der Waals surface area contributed by atoms with Crippen molar-refractivity contribution >= 4 is 11.7 Å². The number of hydrogen-bond donors (Lipinski definition) is 2. The van der Waals surface area contributed by atoms with E-state index in [9.17, 15) is 9.59 Å². The summed E-state index contributed by atoms with van der Waals surface area (Å²) >= 11 is 0. The number of carbonyl (C=O) groups is 2. The van der Waals surface area contributed by atoms with Gasteiger partial charge >= 0.3 is 0 Å². The van der Waals surface area contributed by atoms with Crippen molar-refractivity contribution in [2.24, 2.45) is 5.92 Å². The van der Waals surface area contributed by atoms with Crippen LogP contribution in [0, 0.1) is 19.8 Å². The highest BCUT2D eigenvalue weighted by Gasteiger charge is 2.20. The Morgan fingerprint density at radius 3 is 2.70 bits per heavy atom. The molecule has 1 atom stereocenters. The van der Waals surface area contributed by atoms with Crippen LogP contribution in [0.5, 0.6) is 0 Å². The number of likely N-dealkylation sites (tertiary alicyclic amines) is 1. The van der Waals surface area contributed by atoms with Crippen molar-refractivity contribution in [3.8, 4) is 0 Å². The molecule has 1 aliphatic heterocycles. The Kier molecular flexibility index (Phi) is 5.99. The number of nitrogens with zero attached hydrogens (tertiary/aromatic N) is 1. The van der Waals surface area contributed by atoms with Crippen molar-refractivity contribution in [3.05, 3.63) is 22.5 Å². The zero-order chi connectivity index (χ0) is 17.0. The van der Waals surface area contributed by atoms with Crippen LogP contribution in [0.1, 0.15) is 65.2 Å². The third kappa shape index (κ3) is 4.44. The summed E-state index contributed by atoms with van der Waals surface area (Å²) in [5.41, 5.74) is 2.66. The summed E-state index contributed by atoms with van der Waals surface area (Å²) in [4.78, 5) is 29.4. The first-order valence-electron chi connectivity index (χ1n) is 8.60. The number of aryl methyl sites for hydroxylation is 1. The molecule has 2 N–H and O–H groups in total. The van der Waals surface area contributed by atoms with Gasteiger partial charge in [0.05, 0.1) is 0 Å². The standard InChI is InChI=1S/C18H29N3O2/c1-12-7-5-9-21(11-12)10-6-8-19-18(23)17-13(2)16(15(4)22)14(3)20-17/h12,20H,5-11H2,1-4H3,(H,19,23). The predicted molar refractivity (Wildman–Crippen MR) is 92.1 cm³/mol. The Bertz CT molecular complexity index is 577. The zero-order valence-electron chi connectivity index (χ0n) is 14.8. The number of aromatic nitrogens is 1. The highest BCUT2D eigenvalue weighted by molar-refractivity contribution is 6.02. The van der Waals surface area contributed by atoms with E-state index in [-0.39, 0.29) is 11.7 Å². The van der Waals surface area contributed by atoms with Crippen molar-refractivity contribution in [3.63, 3.8) is 0 Å². The highest BCUT2D eigenvalue weighted by atomic mass is 16.2. The summed E-state index contributed by atoms with van der Waals surface area (Å²) < 4.78 is 0. The molecule has 128 valence electrons. The number of nitrogens with one attached hydrogen (secondary N) is 2. The van der Waals surface area contributed by atoms with Crippen LogP contribution in [-0.2, 0) is 0 Å². The van der Waals surface area contributed by atoms with E-state index in [1.165, 1.54) is 32.9 Å². The molecule has 0 bridgehead atoms. The van der Waals surface area contributed by atoms with Crippen LogP contribution in [0.3, 0.4) is 0 Å². The lowest BCUT2D eigenvalue weighted by Gasteiger charge is -2.30. The van der Waals surface area contributed by atoms with E-state index in [2.05, 4.69) is 22.1 Å². The third-order valence-electron chi connectivity index (χ3n) is 4.69. The Hall–Kier alpha value is -1.62. The molecule has 0 radical (unpaired) electrons. The Labute approximate surface area is 138 Å².